The number of nitrogens with one attached hydrogen (secondary N) is 1. The molecule has 2 heterocycles. The number of fused-ring (bicyclic) bond motifs is 1. The third kappa shape index (κ3) is 3.62. The van der Waals surface area contributed by atoms with Gasteiger partial charge < -0.3 is 15.2 Å². The maximum absolute atomic E-state index is 13.9. The number of aryl methyl sites for hydroxylation is 1. The molecule has 0 bridgehead atoms. The van der Waals surface area contributed by atoms with Crippen LogP contribution in [0.5, 0.6) is 5.75 Å². The second-order valence-corrected chi connectivity index (χ2v) is 6.35. The van der Waals surface area contributed by atoms with Crippen molar-refractivity contribution in [2.75, 3.05) is 6.61 Å². The highest BCUT2D eigenvalue weighted by atomic mass is 19.1. The van der Waals surface area contributed by atoms with Crippen LogP contribution in [0.4, 0.5) is 9.18 Å². The van der Waals surface area contributed by atoms with Crippen LogP contribution in [-0.4, -0.2) is 27.6 Å². The number of amides is 1. The first-order chi connectivity index (χ1) is 13.1. The molecular weight excluding hydrogens is 349 g/mol. The fraction of sp³-hybridized carbons (Fsp3) is 0.200. The molecule has 0 atom stereocenters. The maximum atomic E-state index is 13.9. The van der Waals surface area contributed by atoms with Gasteiger partial charge in [-0.2, -0.15) is 5.10 Å². The number of hydrogen-bond donors (Lipinski definition) is 2. The SMILES string of the molecule is O=C(O)NCc1cc(-n2ccc(-c3ccc4c(c3)CCCO4)n2)ccc1F. The Bertz CT molecular complexity index is 1000. The van der Waals surface area contributed by atoms with Gasteiger partial charge >= 0.3 is 6.09 Å². The summed E-state index contributed by atoms with van der Waals surface area (Å²) in [6.45, 7) is 0.651. The van der Waals surface area contributed by atoms with E-state index in [9.17, 15) is 9.18 Å². The molecule has 27 heavy (non-hydrogen) atoms. The molecule has 1 amide bonds. The van der Waals surface area contributed by atoms with Crippen molar-refractivity contribution < 1.29 is 19.0 Å². The highest BCUT2D eigenvalue weighted by Gasteiger charge is 2.13. The number of benzene rings is 2. The van der Waals surface area contributed by atoms with Crippen LogP contribution < -0.4 is 10.1 Å². The summed E-state index contributed by atoms with van der Waals surface area (Å²) >= 11 is 0. The number of carbonyl (C=O) groups is 1. The quantitative estimate of drug-likeness (QED) is 0.736. The van der Waals surface area contributed by atoms with E-state index in [0.29, 0.717) is 5.69 Å². The van der Waals surface area contributed by atoms with Crippen LogP contribution in [0.3, 0.4) is 0 Å². The Hall–Kier alpha value is -3.35. The molecule has 138 valence electrons. The zero-order valence-corrected chi connectivity index (χ0v) is 14.5. The molecule has 0 fully saturated rings. The van der Waals surface area contributed by atoms with Crippen molar-refractivity contribution in [3.8, 4) is 22.7 Å². The Morgan fingerprint density at radius 1 is 1.26 bits per heavy atom. The van der Waals surface area contributed by atoms with Crippen molar-refractivity contribution >= 4 is 6.09 Å². The van der Waals surface area contributed by atoms with E-state index >= 15 is 0 Å². The van der Waals surface area contributed by atoms with Crippen LogP contribution in [0, 0.1) is 5.82 Å². The zero-order valence-electron chi connectivity index (χ0n) is 14.5. The third-order valence-corrected chi connectivity index (χ3v) is 4.52. The Balaban J connectivity index is 1.61. The predicted octanol–water partition coefficient (Wildman–Crippen LogP) is 3.77. The van der Waals surface area contributed by atoms with Crippen LogP contribution in [-0.2, 0) is 13.0 Å². The smallest absolute Gasteiger partial charge is 0.404 e. The number of aromatic nitrogens is 2. The number of rotatable bonds is 4. The van der Waals surface area contributed by atoms with Crippen molar-refractivity contribution in [1.82, 2.24) is 15.1 Å². The van der Waals surface area contributed by atoms with Crippen LogP contribution in [0.25, 0.3) is 16.9 Å². The molecule has 0 aliphatic carbocycles. The van der Waals surface area contributed by atoms with Gasteiger partial charge in [0, 0.05) is 23.9 Å². The van der Waals surface area contributed by atoms with E-state index in [0.717, 1.165) is 36.5 Å². The fourth-order valence-corrected chi connectivity index (χ4v) is 3.15. The number of carboxylic acid groups (broad SMARTS) is 1. The lowest BCUT2D eigenvalue weighted by atomic mass is 10.0. The molecule has 3 aromatic rings. The summed E-state index contributed by atoms with van der Waals surface area (Å²) in [5, 5.41) is 15.5. The monoisotopic (exact) mass is 367 g/mol. The second kappa shape index (κ2) is 7.11. The lowest BCUT2D eigenvalue weighted by molar-refractivity contribution is 0.194. The lowest BCUT2D eigenvalue weighted by Gasteiger charge is -2.17. The van der Waals surface area contributed by atoms with Gasteiger partial charge in [-0.1, -0.05) is 0 Å². The Labute approximate surface area is 155 Å². The molecule has 2 N–H and O–H groups in total. The molecule has 6 nitrogen and oxygen atoms in total. The number of hydrogen-bond acceptors (Lipinski definition) is 3. The van der Waals surface area contributed by atoms with Crippen molar-refractivity contribution in [3.05, 3.63) is 65.6 Å². The molecule has 0 spiro atoms. The van der Waals surface area contributed by atoms with Crippen LogP contribution in [0.2, 0.25) is 0 Å². The summed E-state index contributed by atoms with van der Waals surface area (Å²) in [7, 11) is 0. The topological polar surface area (TPSA) is 76.4 Å². The third-order valence-electron chi connectivity index (χ3n) is 4.52. The van der Waals surface area contributed by atoms with E-state index in [1.54, 1.807) is 23.0 Å². The average Bonchev–Trinajstić information content (AvgIpc) is 3.17. The molecule has 4 rings (SSSR count). The first kappa shape index (κ1) is 17.1. The van der Waals surface area contributed by atoms with Gasteiger partial charge in [0.15, 0.2) is 0 Å². The summed E-state index contributed by atoms with van der Waals surface area (Å²) in [4.78, 5) is 10.6. The zero-order chi connectivity index (χ0) is 18.8. The molecule has 0 radical (unpaired) electrons. The average molecular weight is 367 g/mol. The summed E-state index contributed by atoms with van der Waals surface area (Å²) in [5.74, 6) is 0.466. The van der Waals surface area contributed by atoms with E-state index in [1.807, 2.05) is 18.2 Å². The van der Waals surface area contributed by atoms with Gasteiger partial charge in [0.25, 0.3) is 0 Å². The van der Waals surface area contributed by atoms with Gasteiger partial charge in [0.05, 0.1) is 18.0 Å². The minimum atomic E-state index is -1.20. The normalized spacial score (nSPS) is 12.9. The number of nitrogens with zero attached hydrogens (tertiary/aromatic N) is 2. The van der Waals surface area contributed by atoms with E-state index in [2.05, 4.69) is 16.5 Å². The molecule has 0 saturated carbocycles. The van der Waals surface area contributed by atoms with Gasteiger partial charge in [-0.15, -0.1) is 0 Å². The second-order valence-electron chi connectivity index (χ2n) is 6.35. The number of ether oxygens (including phenoxy) is 1. The highest BCUT2D eigenvalue weighted by Crippen LogP contribution is 2.29. The fourth-order valence-electron chi connectivity index (χ4n) is 3.15. The van der Waals surface area contributed by atoms with Gasteiger partial charge in [-0.25, -0.2) is 13.9 Å². The van der Waals surface area contributed by atoms with Crippen LogP contribution in [0.15, 0.2) is 48.7 Å². The van der Waals surface area contributed by atoms with Crippen molar-refractivity contribution in [2.24, 2.45) is 0 Å². The van der Waals surface area contributed by atoms with Gasteiger partial charge in [-0.05, 0) is 60.9 Å². The van der Waals surface area contributed by atoms with E-state index < -0.39 is 11.9 Å². The van der Waals surface area contributed by atoms with Crippen molar-refractivity contribution in [3.63, 3.8) is 0 Å². The van der Waals surface area contributed by atoms with E-state index in [-0.39, 0.29) is 12.1 Å². The predicted molar refractivity (Wildman–Crippen MR) is 97.6 cm³/mol. The Kier molecular flexibility index (Phi) is 4.50. The summed E-state index contributed by atoms with van der Waals surface area (Å²) < 4.78 is 21.2. The molecule has 2 aromatic carbocycles. The van der Waals surface area contributed by atoms with Crippen LogP contribution >= 0.6 is 0 Å². The van der Waals surface area contributed by atoms with Gasteiger partial charge in [0.1, 0.15) is 11.6 Å². The molecule has 1 aliphatic heterocycles. The van der Waals surface area contributed by atoms with Gasteiger partial charge in [0.2, 0.25) is 0 Å². The van der Waals surface area contributed by atoms with E-state index in [1.165, 1.54) is 11.6 Å². The van der Waals surface area contributed by atoms with E-state index in [4.69, 9.17) is 9.84 Å². The summed E-state index contributed by atoms with van der Waals surface area (Å²) in [6.07, 6.45) is 2.60. The van der Waals surface area contributed by atoms with Crippen molar-refractivity contribution in [1.29, 1.82) is 0 Å². The molecule has 0 unspecified atom stereocenters. The molecule has 1 aliphatic rings. The summed E-state index contributed by atoms with van der Waals surface area (Å²) in [6, 6.07) is 12.4. The maximum Gasteiger partial charge on any atom is 0.404 e. The highest BCUT2D eigenvalue weighted by molar-refractivity contribution is 5.64. The molecular formula is C20H18FN3O3. The van der Waals surface area contributed by atoms with Crippen LogP contribution in [0.1, 0.15) is 17.5 Å². The minimum absolute atomic E-state index is 0.103. The first-order valence-corrected chi connectivity index (χ1v) is 8.67. The molecule has 0 saturated heterocycles. The molecule has 7 heteroatoms. The Morgan fingerprint density at radius 3 is 3.00 bits per heavy atom. The standard InChI is InChI=1S/C20H18FN3O3/c21-17-5-4-16(11-15(17)12-22-20(25)26)24-8-7-18(23-24)13-3-6-19-14(10-13)2-1-9-27-19/h3-8,10-11,22H,1-2,9,12H2,(H,25,26). The van der Waals surface area contributed by atoms with Crippen molar-refractivity contribution in [2.45, 2.75) is 19.4 Å². The number of halogens is 1. The first-order valence-electron chi connectivity index (χ1n) is 8.67. The lowest BCUT2D eigenvalue weighted by Crippen LogP contribution is -2.20. The van der Waals surface area contributed by atoms with Gasteiger partial charge in [-0.3, -0.25) is 0 Å². The Morgan fingerprint density at radius 2 is 2.15 bits per heavy atom. The largest absolute Gasteiger partial charge is 0.493 e. The minimum Gasteiger partial charge on any atom is -0.493 e. The summed E-state index contributed by atoms with van der Waals surface area (Å²) in [5.41, 5.74) is 3.90. The molecule has 1 aromatic heterocycles.